The second kappa shape index (κ2) is 7.36. The molecule has 0 bridgehead atoms. The van der Waals surface area contributed by atoms with Crippen LogP contribution in [0.5, 0.6) is 0 Å². The summed E-state index contributed by atoms with van der Waals surface area (Å²) in [6.07, 6.45) is -0.607. The van der Waals surface area contributed by atoms with Gasteiger partial charge in [0.15, 0.2) is 0 Å². The van der Waals surface area contributed by atoms with Crippen LogP contribution < -0.4 is 5.32 Å². The molecule has 0 aliphatic rings. The first kappa shape index (κ1) is 15.7. The second-order valence-electron chi connectivity index (χ2n) is 4.90. The van der Waals surface area contributed by atoms with Gasteiger partial charge in [-0.2, -0.15) is 0 Å². The molecule has 3 rings (SSSR count). The molecule has 0 aliphatic heterocycles. The Morgan fingerprint density at radius 2 is 1.83 bits per heavy atom. The molecule has 7 heteroatoms. The van der Waals surface area contributed by atoms with E-state index in [-0.39, 0.29) is 30.5 Å². The van der Waals surface area contributed by atoms with Gasteiger partial charge in [-0.1, -0.05) is 42.5 Å². The highest BCUT2D eigenvalue weighted by Crippen LogP contribution is 2.20. The normalized spacial score (nSPS) is 10.4. The number of nitrogens with zero attached hydrogens (tertiary/aromatic N) is 2. The highest BCUT2D eigenvalue weighted by Gasteiger charge is 2.13. The van der Waals surface area contributed by atoms with Crippen LogP contribution in [0.3, 0.4) is 0 Å². The number of amides is 1. The minimum absolute atomic E-state index is 0.00489. The number of halogens is 1. The summed E-state index contributed by atoms with van der Waals surface area (Å²) in [6.45, 7) is 0.159. The molecule has 0 spiro atoms. The van der Waals surface area contributed by atoms with Crippen molar-refractivity contribution in [2.75, 3.05) is 0 Å². The Labute approximate surface area is 137 Å². The van der Waals surface area contributed by atoms with E-state index >= 15 is 0 Å². The first-order valence-electron chi connectivity index (χ1n) is 7.24. The summed E-state index contributed by atoms with van der Waals surface area (Å²) in [5.74, 6) is -0.240. The summed E-state index contributed by atoms with van der Waals surface area (Å²) < 4.78 is 24.0. The van der Waals surface area contributed by atoms with Crippen molar-refractivity contribution in [1.29, 1.82) is 0 Å². The number of hydrogen-bond donors (Lipinski definition) is 1. The fourth-order valence-electron chi connectivity index (χ4n) is 1.99. The number of carbonyl (C=O) groups excluding carboxylic acids is 1. The monoisotopic (exact) mass is 327 g/mol. The van der Waals surface area contributed by atoms with Gasteiger partial charge in [0, 0.05) is 0 Å². The van der Waals surface area contributed by atoms with Gasteiger partial charge in [0.1, 0.15) is 12.4 Å². The predicted molar refractivity (Wildman–Crippen MR) is 83.2 cm³/mol. The lowest BCUT2D eigenvalue weighted by Crippen LogP contribution is -2.23. The maximum atomic E-state index is 13.6. The second-order valence-corrected chi connectivity index (χ2v) is 4.90. The number of carbonyl (C=O) groups is 1. The molecule has 0 radical (unpaired) electrons. The molecule has 24 heavy (non-hydrogen) atoms. The highest BCUT2D eigenvalue weighted by atomic mass is 19.1. The predicted octanol–water partition coefficient (Wildman–Crippen LogP) is 3.30. The number of hydrogen-bond acceptors (Lipinski definition) is 5. The van der Waals surface area contributed by atoms with Gasteiger partial charge in [-0.25, -0.2) is 9.18 Å². The van der Waals surface area contributed by atoms with Crippen molar-refractivity contribution in [2.45, 2.75) is 13.2 Å². The lowest BCUT2D eigenvalue weighted by atomic mass is 10.2. The molecule has 1 N–H and O–H groups in total. The van der Waals surface area contributed by atoms with E-state index in [1.165, 1.54) is 12.1 Å². The maximum Gasteiger partial charge on any atom is 0.407 e. The smallest absolute Gasteiger partial charge is 0.407 e. The average Bonchev–Trinajstić information content (AvgIpc) is 3.08. The molecule has 1 amide bonds. The highest BCUT2D eigenvalue weighted by molar-refractivity contribution is 5.67. The van der Waals surface area contributed by atoms with E-state index in [9.17, 15) is 9.18 Å². The zero-order chi connectivity index (χ0) is 16.8. The number of benzene rings is 2. The molecule has 6 nitrogen and oxygen atoms in total. The van der Waals surface area contributed by atoms with Gasteiger partial charge in [-0.05, 0) is 17.7 Å². The fraction of sp³-hybridized carbons (Fsp3) is 0.118. The number of alkyl carbamates (subject to hydrolysis) is 1. The van der Waals surface area contributed by atoms with Gasteiger partial charge in [0.05, 0.1) is 12.1 Å². The van der Waals surface area contributed by atoms with Crippen molar-refractivity contribution in [3.63, 3.8) is 0 Å². The van der Waals surface area contributed by atoms with E-state index in [0.717, 1.165) is 5.56 Å². The molecular weight excluding hydrogens is 313 g/mol. The van der Waals surface area contributed by atoms with E-state index < -0.39 is 11.9 Å². The summed E-state index contributed by atoms with van der Waals surface area (Å²) in [6, 6.07) is 15.4. The van der Waals surface area contributed by atoms with E-state index in [1.807, 2.05) is 30.3 Å². The molecular formula is C17H14FN3O3. The van der Waals surface area contributed by atoms with Crippen molar-refractivity contribution >= 4 is 6.09 Å². The number of aromatic nitrogens is 2. The molecule has 1 aromatic heterocycles. The Morgan fingerprint density at radius 3 is 2.62 bits per heavy atom. The average molecular weight is 327 g/mol. The van der Waals surface area contributed by atoms with Crippen LogP contribution in [0.25, 0.3) is 11.5 Å². The summed E-state index contributed by atoms with van der Waals surface area (Å²) in [4.78, 5) is 11.6. The van der Waals surface area contributed by atoms with Crippen molar-refractivity contribution < 1.29 is 18.3 Å². The van der Waals surface area contributed by atoms with Crippen molar-refractivity contribution in [2.24, 2.45) is 0 Å². The number of rotatable bonds is 5. The van der Waals surface area contributed by atoms with Gasteiger partial charge in [-0.3, -0.25) is 0 Å². The van der Waals surface area contributed by atoms with E-state index in [1.54, 1.807) is 12.1 Å². The molecule has 2 aromatic carbocycles. The van der Waals surface area contributed by atoms with Crippen LogP contribution in [-0.2, 0) is 17.9 Å². The largest absolute Gasteiger partial charge is 0.445 e. The molecule has 0 fully saturated rings. The Kier molecular flexibility index (Phi) is 4.81. The van der Waals surface area contributed by atoms with E-state index in [2.05, 4.69) is 15.5 Å². The number of nitrogens with one attached hydrogen (secondary N) is 1. The van der Waals surface area contributed by atoms with Crippen LogP contribution in [0, 0.1) is 5.82 Å². The maximum absolute atomic E-state index is 13.6. The summed E-state index contributed by atoms with van der Waals surface area (Å²) >= 11 is 0. The van der Waals surface area contributed by atoms with Crippen molar-refractivity contribution in [3.05, 3.63) is 71.9 Å². The molecule has 0 saturated heterocycles. The topological polar surface area (TPSA) is 77.3 Å². The molecule has 0 saturated carbocycles. The Morgan fingerprint density at radius 1 is 1.08 bits per heavy atom. The lowest BCUT2D eigenvalue weighted by Gasteiger charge is -2.05. The van der Waals surface area contributed by atoms with Gasteiger partial charge in [0.2, 0.25) is 5.89 Å². The van der Waals surface area contributed by atoms with Crippen LogP contribution in [0.2, 0.25) is 0 Å². The first-order chi connectivity index (χ1) is 11.7. The Hall–Kier alpha value is -3.22. The van der Waals surface area contributed by atoms with Crippen LogP contribution in [0.15, 0.2) is 59.0 Å². The van der Waals surface area contributed by atoms with Gasteiger partial charge in [-0.15, -0.1) is 10.2 Å². The van der Waals surface area contributed by atoms with Crippen molar-refractivity contribution in [1.82, 2.24) is 15.5 Å². The van der Waals surface area contributed by atoms with Crippen molar-refractivity contribution in [3.8, 4) is 11.5 Å². The quantitative estimate of drug-likeness (QED) is 0.778. The third kappa shape index (κ3) is 3.95. The molecule has 0 unspecified atom stereocenters. The third-order valence-electron chi connectivity index (χ3n) is 3.17. The molecule has 1 heterocycles. The SMILES string of the molecule is O=C(NCc1nnc(-c2ccccc2F)o1)OCc1ccccc1. The first-order valence-corrected chi connectivity index (χ1v) is 7.24. The molecule has 122 valence electrons. The zero-order valence-corrected chi connectivity index (χ0v) is 12.6. The van der Waals surface area contributed by atoms with Gasteiger partial charge >= 0.3 is 6.09 Å². The minimum atomic E-state index is -0.607. The van der Waals surface area contributed by atoms with Gasteiger partial charge < -0.3 is 14.5 Å². The van der Waals surface area contributed by atoms with Gasteiger partial charge in [0.25, 0.3) is 5.89 Å². The summed E-state index contributed by atoms with van der Waals surface area (Å²) in [7, 11) is 0. The Balaban J connectivity index is 1.52. The zero-order valence-electron chi connectivity index (χ0n) is 12.6. The van der Waals surface area contributed by atoms with E-state index in [4.69, 9.17) is 9.15 Å². The molecule has 0 atom stereocenters. The summed E-state index contributed by atoms with van der Waals surface area (Å²) in [5, 5.41) is 10.0. The standard InChI is InChI=1S/C17H14FN3O3/c18-14-9-5-4-8-13(14)16-21-20-15(24-16)10-19-17(22)23-11-12-6-2-1-3-7-12/h1-9H,10-11H2,(H,19,22). The minimum Gasteiger partial charge on any atom is -0.445 e. The summed E-state index contributed by atoms with van der Waals surface area (Å²) in [5.41, 5.74) is 1.09. The number of ether oxygens (including phenoxy) is 1. The van der Waals surface area contributed by atoms with E-state index in [0.29, 0.717) is 0 Å². The third-order valence-corrected chi connectivity index (χ3v) is 3.17. The molecule has 3 aromatic rings. The van der Waals surface area contributed by atoms with Crippen LogP contribution in [0.1, 0.15) is 11.5 Å². The van der Waals surface area contributed by atoms with Crippen LogP contribution >= 0.6 is 0 Å². The van der Waals surface area contributed by atoms with Crippen LogP contribution in [0.4, 0.5) is 9.18 Å². The van der Waals surface area contributed by atoms with Crippen LogP contribution in [-0.4, -0.2) is 16.3 Å². The fourth-order valence-corrected chi connectivity index (χ4v) is 1.99. The Bertz CT molecular complexity index is 821. The molecule has 0 aliphatic carbocycles. The lowest BCUT2D eigenvalue weighted by molar-refractivity contribution is 0.138.